The van der Waals surface area contributed by atoms with Crippen LogP contribution >= 0.6 is 22.6 Å². The summed E-state index contributed by atoms with van der Waals surface area (Å²) in [5, 5.41) is 4.44. The molecule has 16 heteroatoms. The largest absolute Gasteiger partial charge is 0.437 e. The molecule has 4 amide bonds. The Morgan fingerprint density at radius 3 is 2.49 bits per heavy atom. The van der Waals surface area contributed by atoms with Gasteiger partial charge in [-0.15, -0.1) is 0 Å². The van der Waals surface area contributed by atoms with Gasteiger partial charge in [-0.05, 0) is 63.7 Å². The molecule has 0 unspecified atom stereocenters. The van der Waals surface area contributed by atoms with Crippen LogP contribution in [0.5, 0.6) is 0 Å². The van der Waals surface area contributed by atoms with Crippen molar-refractivity contribution >= 4 is 56.4 Å². The summed E-state index contributed by atoms with van der Waals surface area (Å²) in [5.41, 5.74) is -1.50. The molecule has 0 aromatic rings. The minimum absolute atomic E-state index is 0.0504. The Labute approximate surface area is 262 Å². The summed E-state index contributed by atoms with van der Waals surface area (Å²) in [7, 11) is -3.88. The molecule has 0 spiro atoms. The number of carbonyl (C=O) groups excluding carboxylic acids is 4. The fraction of sp³-hybridized carbons (Fsp3) is 0.778. The molecule has 3 fully saturated rings. The quantitative estimate of drug-likeness (QED) is 0.223. The number of fused-ring (bicyclic) bond motifs is 2. The van der Waals surface area contributed by atoms with Crippen LogP contribution in [0.15, 0.2) is 12.2 Å². The fourth-order valence-electron chi connectivity index (χ4n) is 5.79. The summed E-state index contributed by atoms with van der Waals surface area (Å²) in [6.45, 7) is 4.48. The predicted molar refractivity (Wildman–Crippen MR) is 157 cm³/mol. The summed E-state index contributed by atoms with van der Waals surface area (Å²) in [6.07, 6.45) is -1.85. The van der Waals surface area contributed by atoms with Crippen LogP contribution in [0.4, 0.5) is 18.0 Å². The average molecular weight is 747 g/mol. The smallest absolute Gasteiger partial charge is 0.425 e. The normalized spacial score (nSPS) is 35.3. The molecule has 1 saturated heterocycles. The summed E-state index contributed by atoms with van der Waals surface area (Å²) < 4.78 is 70.6. The number of amides is 4. The van der Waals surface area contributed by atoms with E-state index in [0.29, 0.717) is 39.0 Å². The van der Waals surface area contributed by atoms with Gasteiger partial charge in [0.05, 0.1) is 5.25 Å². The standard InChI is InChI=1S/C27H38F3IN4O7S/c1-14-6-4-5-7-17-12-26(17,24(38)34-43(40,41)19-8-9-19)33-22(36)20-11-18(31)13-35(20)23(37)21(15(2)10-14)32-25(39)42-16(3)27(28,29)30/h5,7,14-21H,4,6,8-13H2,1-3H3,(H,32,39)(H,33,36)(H,34,38)/b7-5-/t14-,15-,16-,17-,18-,20+,21+,26-/m1/s1. The van der Waals surface area contributed by atoms with Crippen LogP contribution in [0.3, 0.4) is 0 Å². The molecule has 11 nitrogen and oxygen atoms in total. The Hall–Kier alpha value is -2.11. The van der Waals surface area contributed by atoms with Crippen molar-refractivity contribution in [3.8, 4) is 0 Å². The molecular weight excluding hydrogens is 708 g/mol. The van der Waals surface area contributed by atoms with Crippen molar-refractivity contribution in [2.75, 3.05) is 6.54 Å². The van der Waals surface area contributed by atoms with E-state index in [-0.39, 0.29) is 29.2 Å². The van der Waals surface area contributed by atoms with Gasteiger partial charge in [-0.2, -0.15) is 13.2 Å². The molecule has 8 atom stereocenters. The van der Waals surface area contributed by atoms with Crippen molar-refractivity contribution < 1.29 is 45.5 Å². The zero-order valence-electron chi connectivity index (χ0n) is 24.2. The molecule has 2 aliphatic carbocycles. The first-order chi connectivity index (χ1) is 19.9. The molecule has 2 saturated carbocycles. The minimum Gasteiger partial charge on any atom is -0.437 e. The van der Waals surface area contributed by atoms with Gasteiger partial charge in [0.1, 0.15) is 17.6 Å². The van der Waals surface area contributed by atoms with Crippen LogP contribution in [-0.2, 0) is 29.1 Å². The van der Waals surface area contributed by atoms with E-state index in [1.165, 1.54) is 4.90 Å². The zero-order chi connectivity index (χ0) is 31.9. The van der Waals surface area contributed by atoms with Crippen LogP contribution in [0, 0.1) is 17.8 Å². The number of sulfonamides is 1. The van der Waals surface area contributed by atoms with Crippen molar-refractivity contribution in [3.63, 3.8) is 0 Å². The van der Waals surface area contributed by atoms with E-state index < -0.39 is 80.8 Å². The molecular formula is C27H38F3IN4O7S. The highest BCUT2D eigenvalue weighted by molar-refractivity contribution is 14.1. The molecule has 242 valence electrons. The summed E-state index contributed by atoms with van der Waals surface area (Å²) in [4.78, 5) is 54.8. The second-order valence-corrected chi connectivity index (χ2v) is 16.0. The van der Waals surface area contributed by atoms with Gasteiger partial charge in [-0.25, -0.2) is 13.2 Å². The molecule has 0 aromatic heterocycles. The molecule has 0 bridgehead atoms. The van der Waals surface area contributed by atoms with Crippen LogP contribution in [0.25, 0.3) is 0 Å². The van der Waals surface area contributed by atoms with Gasteiger partial charge >= 0.3 is 12.3 Å². The Kier molecular flexibility index (Phi) is 9.99. The third kappa shape index (κ3) is 7.95. The van der Waals surface area contributed by atoms with Gasteiger partial charge in [0.25, 0.3) is 5.91 Å². The highest BCUT2D eigenvalue weighted by Gasteiger charge is 2.62. The molecule has 4 rings (SSSR count). The van der Waals surface area contributed by atoms with Crippen molar-refractivity contribution in [1.29, 1.82) is 0 Å². The van der Waals surface area contributed by atoms with Gasteiger partial charge in [0.2, 0.25) is 21.8 Å². The zero-order valence-corrected chi connectivity index (χ0v) is 27.1. The molecule has 43 heavy (non-hydrogen) atoms. The number of ether oxygens (including phenoxy) is 1. The lowest BCUT2D eigenvalue weighted by molar-refractivity contribution is -0.197. The van der Waals surface area contributed by atoms with Crippen molar-refractivity contribution in [3.05, 3.63) is 12.2 Å². The van der Waals surface area contributed by atoms with Gasteiger partial charge < -0.3 is 20.3 Å². The first kappa shape index (κ1) is 33.8. The number of hydrogen-bond acceptors (Lipinski definition) is 7. The second kappa shape index (κ2) is 12.7. The maximum absolute atomic E-state index is 13.9. The number of nitrogens with zero attached hydrogens (tertiary/aromatic N) is 1. The van der Waals surface area contributed by atoms with Crippen molar-refractivity contribution in [2.24, 2.45) is 17.8 Å². The number of alkyl carbamates (subject to hydrolysis) is 1. The predicted octanol–water partition coefficient (Wildman–Crippen LogP) is 2.93. The second-order valence-electron chi connectivity index (χ2n) is 12.3. The molecule has 0 radical (unpaired) electrons. The number of carbonyl (C=O) groups is 4. The van der Waals surface area contributed by atoms with Gasteiger partial charge in [0.15, 0.2) is 6.10 Å². The Bertz CT molecular complexity index is 1260. The molecule has 0 aromatic carbocycles. The van der Waals surface area contributed by atoms with Gasteiger partial charge in [-0.3, -0.25) is 19.1 Å². The van der Waals surface area contributed by atoms with Gasteiger partial charge in [0, 0.05) is 16.4 Å². The van der Waals surface area contributed by atoms with E-state index in [4.69, 9.17) is 0 Å². The Balaban J connectivity index is 1.61. The number of allylic oxidation sites excluding steroid dienone is 1. The first-order valence-electron chi connectivity index (χ1n) is 14.5. The highest BCUT2D eigenvalue weighted by atomic mass is 127. The van der Waals surface area contributed by atoms with E-state index in [2.05, 4.69) is 42.7 Å². The van der Waals surface area contributed by atoms with Crippen LogP contribution < -0.4 is 15.4 Å². The number of halogens is 4. The van der Waals surface area contributed by atoms with Crippen LogP contribution in [0.2, 0.25) is 0 Å². The SMILES string of the molecule is C[C@@H]1CC/C=C\[C@@H]2C[C@@]2(C(=O)NS(=O)(=O)C2CC2)NC(=O)[C@@H]2C[C@@H](I)CN2C(=O)[C@@H](NC(=O)O[C@H](C)C(F)(F)F)[C@H](C)C1. The third-order valence-electron chi connectivity index (χ3n) is 8.62. The Morgan fingerprint density at radius 1 is 1.19 bits per heavy atom. The molecule has 2 heterocycles. The number of alkyl halides is 4. The maximum Gasteiger partial charge on any atom is 0.425 e. The minimum atomic E-state index is -4.79. The molecule has 4 aliphatic rings. The van der Waals surface area contributed by atoms with E-state index in [1.54, 1.807) is 13.0 Å². The average Bonchev–Trinajstić information content (AvgIpc) is 3.81. The highest BCUT2D eigenvalue weighted by Crippen LogP contribution is 2.46. The van der Waals surface area contributed by atoms with Gasteiger partial charge in [-0.1, -0.05) is 48.6 Å². The van der Waals surface area contributed by atoms with Crippen LogP contribution in [-0.4, -0.2) is 82.8 Å². The lowest BCUT2D eigenvalue weighted by atomic mass is 9.88. The van der Waals surface area contributed by atoms with E-state index in [1.807, 2.05) is 13.0 Å². The monoisotopic (exact) mass is 746 g/mol. The molecule has 2 aliphatic heterocycles. The maximum atomic E-state index is 13.9. The fourth-order valence-corrected chi connectivity index (χ4v) is 8.06. The van der Waals surface area contributed by atoms with E-state index in [9.17, 15) is 40.8 Å². The Morgan fingerprint density at radius 2 is 1.86 bits per heavy atom. The van der Waals surface area contributed by atoms with E-state index in [0.717, 1.165) is 0 Å². The summed E-state index contributed by atoms with van der Waals surface area (Å²) in [5.74, 6) is -3.02. The number of nitrogens with one attached hydrogen (secondary N) is 3. The van der Waals surface area contributed by atoms with Crippen LogP contribution in [0.1, 0.15) is 65.7 Å². The summed E-state index contributed by atoms with van der Waals surface area (Å²) in [6, 6.07) is -2.32. The number of rotatable bonds is 5. The topological polar surface area (TPSA) is 151 Å². The number of hydrogen-bond donors (Lipinski definition) is 3. The molecule has 3 N–H and O–H groups in total. The van der Waals surface area contributed by atoms with Crippen molar-refractivity contribution in [2.45, 2.75) is 105 Å². The summed E-state index contributed by atoms with van der Waals surface area (Å²) >= 11 is 2.08. The third-order valence-corrected chi connectivity index (χ3v) is 11.3. The lowest BCUT2D eigenvalue weighted by Crippen LogP contribution is -2.59. The first-order valence-corrected chi connectivity index (χ1v) is 17.3. The van der Waals surface area contributed by atoms with E-state index >= 15 is 0 Å². The lowest BCUT2D eigenvalue weighted by Gasteiger charge is -2.33. The van der Waals surface area contributed by atoms with Crippen molar-refractivity contribution in [1.82, 2.24) is 20.3 Å².